The first-order valence-corrected chi connectivity index (χ1v) is 12.0. The molecule has 0 spiro atoms. The van der Waals surface area contributed by atoms with Crippen LogP contribution < -0.4 is 10.9 Å². The largest absolute Gasteiger partial charge is 0.416 e. The van der Waals surface area contributed by atoms with E-state index in [1.165, 1.54) is 46.7 Å². The third-order valence-electron chi connectivity index (χ3n) is 5.33. The van der Waals surface area contributed by atoms with Crippen LogP contribution in [-0.2, 0) is 17.5 Å². The highest BCUT2D eigenvalue weighted by Gasteiger charge is 2.30. The van der Waals surface area contributed by atoms with E-state index in [4.69, 9.17) is 0 Å². The lowest BCUT2D eigenvalue weighted by Gasteiger charge is -2.13. The fraction of sp³-hybridized carbons (Fsp3) is 0.192. The highest BCUT2D eigenvalue weighted by Crippen LogP contribution is 2.29. The van der Waals surface area contributed by atoms with Crippen LogP contribution in [0.1, 0.15) is 24.0 Å². The molecule has 1 amide bonds. The topological polar surface area (TPSA) is 64.0 Å². The van der Waals surface area contributed by atoms with E-state index in [2.05, 4.69) is 10.3 Å². The van der Waals surface area contributed by atoms with E-state index in [1.54, 1.807) is 30.3 Å². The van der Waals surface area contributed by atoms with Crippen LogP contribution in [0, 0.1) is 5.82 Å². The Kier molecular flexibility index (Phi) is 7.73. The lowest BCUT2D eigenvalue weighted by Crippen LogP contribution is -2.23. The minimum atomic E-state index is -4.44. The Balaban J connectivity index is 1.40. The SMILES string of the molecule is O=C(CCCSc1nc2ccccc2c(=O)n1-c1cccc(F)c1)NCc1cccc(C(F)(F)F)c1. The van der Waals surface area contributed by atoms with E-state index in [0.717, 1.165) is 12.1 Å². The number of alkyl halides is 3. The Morgan fingerprint density at radius 2 is 1.78 bits per heavy atom. The van der Waals surface area contributed by atoms with Crippen LogP contribution in [-0.4, -0.2) is 21.2 Å². The maximum Gasteiger partial charge on any atom is 0.416 e. The first-order chi connectivity index (χ1) is 17.2. The molecule has 1 aromatic heterocycles. The molecular formula is C26H21F4N3O2S. The molecule has 0 fully saturated rings. The second-order valence-corrected chi connectivity index (χ2v) is 9.02. The van der Waals surface area contributed by atoms with Crippen molar-refractivity contribution in [3.63, 3.8) is 0 Å². The molecule has 1 N–H and O–H groups in total. The number of halogens is 4. The summed E-state index contributed by atoms with van der Waals surface area (Å²) >= 11 is 1.26. The monoisotopic (exact) mass is 515 g/mol. The van der Waals surface area contributed by atoms with Crippen LogP contribution in [0.2, 0.25) is 0 Å². The van der Waals surface area contributed by atoms with Crippen molar-refractivity contribution < 1.29 is 22.4 Å². The van der Waals surface area contributed by atoms with Gasteiger partial charge in [0.15, 0.2) is 5.16 Å². The van der Waals surface area contributed by atoms with Gasteiger partial charge >= 0.3 is 6.18 Å². The van der Waals surface area contributed by atoms with Gasteiger partial charge in [-0.3, -0.25) is 14.2 Å². The number of benzene rings is 3. The van der Waals surface area contributed by atoms with E-state index < -0.39 is 17.6 Å². The zero-order chi connectivity index (χ0) is 25.7. The normalized spacial score (nSPS) is 11.6. The number of hydrogen-bond acceptors (Lipinski definition) is 4. The summed E-state index contributed by atoms with van der Waals surface area (Å²) in [5.41, 5.74) is 0.119. The van der Waals surface area contributed by atoms with Crippen LogP contribution in [0.5, 0.6) is 0 Å². The zero-order valence-electron chi connectivity index (χ0n) is 18.9. The second-order valence-electron chi connectivity index (χ2n) is 7.96. The molecule has 1 heterocycles. The molecule has 0 aliphatic heterocycles. The molecule has 0 radical (unpaired) electrons. The number of rotatable bonds is 8. The predicted molar refractivity (Wildman–Crippen MR) is 131 cm³/mol. The first kappa shape index (κ1) is 25.4. The molecule has 0 atom stereocenters. The molecule has 4 rings (SSSR count). The summed E-state index contributed by atoms with van der Waals surface area (Å²) in [5.74, 6) is -0.347. The molecule has 0 saturated heterocycles. The van der Waals surface area contributed by atoms with Gasteiger partial charge in [-0.05, 0) is 54.4 Å². The Labute approximate surface area is 208 Å². The van der Waals surface area contributed by atoms with Crippen molar-refractivity contribution in [1.82, 2.24) is 14.9 Å². The number of fused-ring (bicyclic) bond motifs is 1. The van der Waals surface area contributed by atoms with E-state index in [9.17, 15) is 27.2 Å². The van der Waals surface area contributed by atoms with E-state index in [-0.39, 0.29) is 24.4 Å². The third kappa shape index (κ3) is 6.12. The van der Waals surface area contributed by atoms with Gasteiger partial charge in [0.1, 0.15) is 5.82 Å². The summed E-state index contributed by atoms with van der Waals surface area (Å²) < 4.78 is 53.7. The fourth-order valence-corrected chi connectivity index (χ4v) is 4.55. The van der Waals surface area contributed by atoms with Crippen LogP contribution in [0.25, 0.3) is 16.6 Å². The smallest absolute Gasteiger partial charge is 0.352 e. The van der Waals surface area contributed by atoms with Gasteiger partial charge in [0.25, 0.3) is 5.56 Å². The Bertz CT molecular complexity index is 1450. The molecule has 0 aliphatic carbocycles. The molecule has 10 heteroatoms. The van der Waals surface area contributed by atoms with E-state index >= 15 is 0 Å². The van der Waals surface area contributed by atoms with Crippen LogP contribution in [0.15, 0.2) is 82.7 Å². The average Bonchev–Trinajstić information content (AvgIpc) is 2.85. The maximum atomic E-state index is 13.9. The number of carbonyl (C=O) groups is 1. The third-order valence-corrected chi connectivity index (χ3v) is 6.36. The van der Waals surface area contributed by atoms with E-state index in [1.807, 2.05) is 0 Å². The number of amides is 1. The van der Waals surface area contributed by atoms with Crippen molar-refractivity contribution in [2.24, 2.45) is 0 Å². The molecule has 5 nitrogen and oxygen atoms in total. The van der Waals surface area contributed by atoms with Gasteiger partial charge < -0.3 is 5.32 Å². The van der Waals surface area contributed by atoms with Crippen LogP contribution >= 0.6 is 11.8 Å². The molecular weight excluding hydrogens is 494 g/mol. The van der Waals surface area contributed by atoms with Crippen molar-refractivity contribution in [1.29, 1.82) is 0 Å². The molecule has 186 valence electrons. The van der Waals surface area contributed by atoms with Crippen LogP contribution in [0.3, 0.4) is 0 Å². The second kappa shape index (κ2) is 10.9. The number of aromatic nitrogens is 2. The molecule has 0 aliphatic rings. The van der Waals surface area contributed by atoms with Gasteiger partial charge in [-0.2, -0.15) is 13.2 Å². The fourth-order valence-electron chi connectivity index (χ4n) is 3.59. The van der Waals surface area contributed by atoms with Crippen molar-refractivity contribution in [3.05, 3.63) is 100 Å². The summed E-state index contributed by atoms with van der Waals surface area (Å²) in [6, 6.07) is 17.3. The molecule has 0 bridgehead atoms. The molecule has 36 heavy (non-hydrogen) atoms. The molecule has 4 aromatic rings. The number of hydrogen-bond donors (Lipinski definition) is 1. The first-order valence-electron chi connectivity index (χ1n) is 11.1. The highest BCUT2D eigenvalue weighted by molar-refractivity contribution is 7.99. The molecule has 0 saturated carbocycles. The van der Waals surface area contributed by atoms with Gasteiger partial charge in [0.2, 0.25) is 5.91 Å². The molecule has 0 unspecified atom stereocenters. The van der Waals surface area contributed by atoms with Crippen LogP contribution in [0.4, 0.5) is 17.6 Å². The lowest BCUT2D eigenvalue weighted by molar-refractivity contribution is -0.137. The van der Waals surface area contributed by atoms with Crippen molar-refractivity contribution in [2.75, 3.05) is 5.75 Å². The van der Waals surface area contributed by atoms with Gasteiger partial charge in [0, 0.05) is 18.7 Å². The summed E-state index contributed by atoms with van der Waals surface area (Å²) in [7, 11) is 0. The average molecular weight is 516 g/mol. The summed E-state index contributed by atoms with van der Waals surface area (Å²) in [4.78, 5) is 29.9. The number of para-hydroxylation sites is 1. The number of carbonyl (C=O) groups excluding carboxylic acids is 1. The summed E-state index contributed by atoms with van der Waals surface area (Å²) in [6.07, 6.45) is -3.87. The minimum absolute atomic E-state index is 0.0127. The van der Waals surface area contributed by atoms with Gasteiger partial charge in [-0.15, -0.1) is 0 Å². The Morgan fingerprint density at radius 1 is 1.00 bits per heavy atom. The van der Waals surface area contributed by atoms with Gasteiger partial charge in [-0.1, -0.05) is 42.1 Å². The standard InChI is InChI=1S/C26H21F4N3O2S/c27-19-8-4-9-20(15-19)33-24(35)21-10-1-2-11-22(21)32-25(33)36-13-5-12-23(34)31-16-17-6-3-7-18(14-17)26(28,29)30/h1-4,6-11,14-15H,5,12-13,16H2,(H,31,34). The number of thioether (sulfide) groups is 1. The molecule has 3 aromatic carbocycles. The zero-order valence-corrected chi connectivity index (χ0v) is 19.7. The van der Waals surface area contributed by atoms with Gasteiger partial charge in [-0.25, -0.2) is 9.37 Å². The Hall–Kier alpha value is -3.66. The number of nitrogens with one attached hydrogen (secondary N) is 1. The minimum Gasteiger partial charge on any atom is -0.352 e. The van der Waals surface area contributed by atoms with Crippen molar-refractivity contribution in [3.8, 4) is 5.69 Å². The Morgan fingerprint density at radius 3 is 2.56 bits per heavy atom. The maximum absolute atomic E-state index is 13.9. The van der Waals surface area contributed by atoms with Crippen molar-refractivity contribution in [2.45, 2.75) is 30.7 Å². The number of nitrogens with zero attached hydrogens (tertiary/aromatic N) is 2. The van der Waals surface area contributed by atoms with Gasteiger partial charge in [0.05, 0.1) is 22.2 Å². The van der Waals surface area contributed by atoms with Crippen molar-refractivity contribution >= 4 is 28.6 Å². The summed E-state index contributed by atoms with van der Waals surface area (Å²) in [6.45, 7) is -0.0127. The highest BCUT2D eigenvalue weighted by atomic mass is 32.2. The summed E-state index contributed by atoms with van der Waals surface area (Å²) in [5, 5.41) is 3.40. The quantitative estimate of drug-likeness (QED) is 0.141. The van der Waals surface area contributed by atoms with E-state index in [0.29, 0.717) is 39.5 Å². The lowest BCUT2D eigenvalue weighted by atomic mass is 10.1. The predicted octanol–water partition coefficient (Wildman–Crippen LogP) is 5.73.